The van der Waals surface area contributed by atoms with Crippen molar-refractivity contribution in [3.63, 3.8) is 0 Å². The zero-order valence-corrected chi connectivity index (χ0v) is 54.3. The van der Waals surface area contributed by atoms with Crippen LogP contribution in [0.25, 0.3) is 0 Å². The lowest BCUT2D eigenvalue weighted by Crippen LogP contribution is -2.70. The molecule has 3 fully saturated rings. The van der Waals surface area contributed by atoms with Gasteiger partial charge in [-0.2, -0.15) is 0 Å². The number of aliphatic hydroxyl groups is 11. The lowest BCUT2D eigenvalue weighted by molar-refractivity contribution is -0.386. The summed E-state index contributed by atoms with van der Waals surface area (Å²) < 4.78 is 34.7. The van der Waals surface area contributed by atoms with E-state index < -0.39 is 155 Å². The SMILES string of the molecule is CCCCCCCCC/C=C/C(O)C(COC1OC(CO)C(OC2OC(CO)C(O)C(OC3(C(=O)O)CC(O)C(NC(C)=O)C(C(O)C(O)CO)O3)C2O)C(O)C1O)NC(=O)CCCCCCCCCCCCCCCCCCCCCCCCCCCC. The predicted octanol–water partition coefficient (Wildman–Crippen LogP) is 5.90. The van der Waals surface area contributed by atoms with Gasteiger partial charge in [-0.3, -0.25) is 9.59 Å². The molecule has 14 N–H and O–H groups in total. The third-order valence-electron chi connectivity index (χ3n) is 17.7. The van der Waals surface area contributed by atoms with Crippen molar-refractivity contribution in [2.75, 3.05) is 26.4 Å². The van der Waals surface area contributed by atoms with E-state index in [4.69, 9.17) is 28.4 Å². The minimum atomic E-state index is -3.08. The van der Waals surface area contributed by atoms with Crippen molar-refractivity contribution >= 4 is 17.8 Å². The number of carboxylic acid groups (broad SMARTS) is 1. The van der Waals surface area contributed by atoms with Crippen molar-refractivity contribution in [2.45, 2.75) is 362 Å². The quantitative estimate of drug-likeness (QED) is 0.0249. The van der Waals surface area contributed by atoms with Crippen LogP contribution in [0.4, 0.5) is 0 Å². The lowest BCUT2D eigenvalue weighted by atomic mass is 9.88. The molecular weight excluding hydrogens is 1160 g/mol. The summed E-state index contributed by atoms with van der Waals surface area (Å²) >= 11 is 0. The van der Waals surface area contributed by atoms with Gasteiger partial charge in [0.1, 0.15) is 67.1 Å². The number of amides is 2. The Balaban J connectivity index is 1.51. The van der Waals surface area contributed by atoms with Crippen molar-refractivity contribution in [1.29, 1.82) is 0 Å². The summed E-state index contributed by atoms with van der Waals surface area (Å²) in [5, 5.41) is 136. The first kappa shape index (κ1) is 80.7. The van der Waals surface area contributed by atoms with E-state index in [0.29, 0.717) is 12.8 Å². The summed E-state index contributed by atoms with van der Waals surface area (Å²) in [6.07, 6.45) is 15.9. The number of carbonyl (C=O) groups excluding carboxylic acids is 2. The molecule has 0 spiro atoms. The standard InChI is InChI=1S/C66H122N2O21/c1-4-6-8-10-12-14-15-16-17-18-19-20-21-22-23-24-25-26-27-28-29-30-32-34-36-38-40-53(76)68-47(48(73)39-37-35-33-31-13-11-9-7-5-2)45-84-63-58(80)57(79)60(52(44-71)86-63)87-64-59(81)62(56(78)51(43-70)85-64)89-66(65(82)83)41-49(74)54(67-46(3)72)61(88-66)55(77)50(75)42-69/h37,39,47-52,54-64,69-71,73-75,77-81H,4-36,38,40-45H2,1-3H3,(H,67,72)(H,68,76)(H,82,83)/b39-37+. The molecule has 23 nitrogen and oxygen atoms in total. The number of unbranched alkanes of at least 4 members (excludes halogenated alkanes) is 32. The molecule has 3 aliphatic rings. The zero-order chi connectivity index (χ0) is 65.4. The van der Waals surface area contributed by atoms with E-state index in [1.807, 2.05) is 6.08 Å². The first-order chi connectivity index (χ1) is 42.9. The van der Waals surface area contributed by atoms with E-state index >= 15 is 0 Å². The fraction of sp³-hybridized carbons (Fsp3) is 0.924. The van der Waals surface area contributed by atoms with Gasteiger partial charge in [0.05, 0.1) is 50.7 Å². The molecule has 522 valence electrons. The Hall–Kier alpha value is -2.53. The summed E-state index contributed by atoms with van der Waals surface area (Å²) in [5.41, 5.74) is 0. The van der Waals surface area contributed by atoms with Crippen molar-refractivity contribution in [3.05, 3.63) is 12.2 Å². The monoisotopic (exact) mass is 1280 g/mol. The molecule has 18 unspecified atom stereocenters. The van der Waals surface area contributed by atoms with Crippen molar-refractivity contribution in [1.82, 2.24) is 10.6 Å². The molecule has 0 aliphatic carbocycles. The van der Waals surface area contributed by atoms with E-state index in [1.54, 1.807) is 6.08 Å². The number of carboxylic acids is 1. The van der Waals surface area contributed by atoms with Gasteiger partial charge in [-0.05, 0) is 19.3 Å². The van der Waals surface area contributed by atoms with Crippen molar-refractivity contribution in [2.24, 2.45) is 0 Å². The Morgan fingerprint density at radius 3 is 1.49 bits per heavy atom. The Bertz CT molecular complexity index is 1860. The summed E-state index contributed by atoms with van der Waals surface area (Å²) in [5.74, 6) is -6.14. The third kappa shape index (κ3) is 30.2. The molecule has 23 heteroatoms. The van der Waals surface area contributed by atoms with Crippen LogP contribution in [0.1, 0.15) is 252 Å². The van der Waals surface area contributed by atoms with Gasteiger partial charge in [-0.25, -0.2) is 4.79 Å². The fourth-order valence-corrected chi connectivity index (χ4v) is 12.2. The number of carbonyl (C=O) groups is 3. The highest BCUT2D eigenvalue weighted by molar-refractivity contribution is 5.77. The molecule has 3 rings (SSSR count). The van der Waals surface area contributed by atoms with Gasteiger partial charge in [0, 0.05) is 19.8 Å². The van der Waals surface area contributed by atoms with Gasteiger partial charge in [0.25, 0.3) is 5.79 Å². The number of hydrogen-bond acceptors (Lipinski definition) is 20. The fourth-order valence-electron chi connectivity index (χ4n) is 12.2. The second-order valence-electron chi connectivity index (χ2n) is 25.4. The second kappa shape index (κ2) is 47.4. The van der Waals surface area contributed by atoms with Crippen molar-refractivity contribution in [3.8, 4) is 0 Å². The van der Waals surface area contributed by atoms with Crippen LogP contribution >= 0.6 is 0 Å². The molecule has 3 saturated heterocycles. The Morgan fingerprint density at radius 2 is 1.04 bits per heavy atom. The Labute approximate surface area is 531 Å². The van der Waals surface area contributed by atoms with Crippen LogP contribution < -0.4 is 10.6 Å². The van der Waals surface area contributed by atoms with Crippen LogP contribution in [0, 0.1) is 0 Å². The summed E-state index contributed by atoms with van der Waals surface area (Å²) in [6, 6.07) is -2.61. The molecule has 3 aliphatic heterocycles. The molecule has 0 aromatic rings. The molecule has 0 bridgehead atoms. The maximum absolute atomic E-state index is 13.4. The zero-order valence-electron chi connectivity index (χ0n) is 54.3. The van der Waals surface area contributed by atoms with Crippen LogP contribution in [0.15, 0.2) is 12.2 Å². The van der Waals surface area contributed by atoms with E-state index in [1.165, 1.54) is 148 Å². The molecule has 89 heavy (non-hydrogen) atoms. The highest BCUT2D eigenvalue weighted by Crippen LogP contribution is 2.39. The van der Waals surface area contributed by atoms with E-state index in [-0.39, 0.29) is 12.3 Å². The molecule has 0 aromatic carbocycles. The van der Waals surface area contributed by atoms with Gasteiger partial charge in [-0.1, -0.05) is 225 Å². The number of ether oxygens (including phenoxy) is 6. The number of hydrogen-bond donors (Lipinski definition) is 14. The maximum atomic E-state index is 13.4. The number of nitrogens with one attached hydrogen (secondary N) is 2. The highest BCUT2D eigenvalue weighted by atomic mass is 16.8. The molecule has 2 amide bonds. The van der Waals surface area contributed by atoms with Gasteiger partial charge in [0.2, 0.25) is 11.8 Å². The number of aliphatic carboxylic acids is 1. The summed E-state index contributed by atoms with van der Waals surface area (Å²) in [7, 11) is 0. The predicted molar refractivity (Wildman–Crippen MR) is 334 cm³/mol. The number of aliphatic hydroxyl groups excluding tert-OH is 11. The topological polar surface area (TPSA) is 373 Å². The van der Waals surface area contributed by atoms with Gasteiger partial charge >= 0.3 is 5.97 Å². The average Bonchev–Trinajstić information content (AvgIpc) is 1.79. The van der Waals surface area contributed by atoms with E-state index in [0.717, 1.165) is 64.7 Å². The largest absolute Gasteiger partial charge is 0.477 e. The maximum Gasteiger partial charge on any atom is 0.364 e. The normalized spacial score (nSPS) is 28.8. The smallest absolute Gasteiger partial charge is 0.364 e. The molecule has 0 aromatic heterocycles. The van der Waals surface area contributed by atoms with Gasteiger partial charge in [-0.15, -0.1) is 0 Å². The summed E-state index contributed by atoms with van der Waals surface area (Å²) in [4.78, 5) is 38.4. The van der Waals surface area contributed by atoms with Crippen LogP contribution in [-0.2, 0) is 42.8 Å². The minimum absolute atomic E-state index is 0.204. The Kier molecular flexibility index (Phi) is 43.0. The molecule has 3 heterocycles. The first-order valence-electron chi connectivity index (χ1n) is 34.6. The van der Waals surface area contributed by atoms with Crippen LogP contribution in [0.2, 0.25) is 0 Å². The number of rotatable bonds is 52. The van der Waals surface area contributed by atoms with Gasteiger partial charge in [0.15, 0.2) is 12.6 Å². The van der Waals surface area contributed by atoms with Crippen LogP contribution in [0.3, 0.4) is 0 Å². The molecule has 0 radical (unpaired) electrons. The molecular formula is C66H122N2O21. The molecule has 18 atom stereocenters. The van der Waals surface area contributed by atoms with Crippen molar-refractivity contribution < 1.29 is 104 Å². The summed E-state index contributed by atoms with van der Waals surface area (Å²) in [6.45, 7) is 2.10. The van der Waals surface area contributed by atoms with Crippen LogP contribution in [0.5, 0.6) is 0 Å². The van der Waals surface area contributed by atoms with Crippen LogP contribution in [-0.4, -0.2) is 215 Å². The average molecular weight is 1280 g/mol. The lowest BCUT2D eigenvalue weighted by Gasteiger charge is -2.50. The third-order valence-corrected chi connectivity index (χ3v) is 17.7. The molecule has 0 saturated carbocycles. The minimum Gasteiger partial charge on any atom is -0.477 e. The highest BCUT2D eigenvalue weighted by Gasteiger charge is 2.60. The van der Waals surface area contributed by atoms with Gasteiger partial charge < -0.3 is 100 Å². The first-order valence-corrected chi connectivity index (χ1v) is 34.6. The number of allylic oxidation sites excluding steroid dienone is 1. The second-order valence-corrected chi connectivity index (χ2v) is 25.4. The van der Waals surface area contributed by atoms with E-state index in [9.17, 15) is 75.7 Å². The van der Waals surface area contributed by atoms with E-state index in [2.05, 4.69) is 24.5 Å². The Morgan fingerprint density at radius 1 is 0.584 bits per heavy atom.